The minimum Gasteiger partial charge on any atom is -0.341 e. The first-order valence-electron chi connectivity index (χ1n) is 8.39. The molecule has 2 aromatic rings. The van der Waals surface area contributed by atoms with Crippen LogP contribution < -0.4 is 0 Å². The molecule has 1 aliphatic heterocycles. The van der Waals surface area contributed by atoms with Gasteiger partial charge in [-0.25, -0.2) is 0 Å². The molecule has 1 aliphatic rings. The van der Waals surface area contributed by atoms with Crippen LogP contribution in [0.2, 0.25) is 0 Å². The molecule has 1 fully saturated rings. The van der Waals surface area contributed by atoms with Crippen LogP contribution in [0.1, 0.15) is 28.6 Å². The molecule has 0 N–H and O–H groups in total. The average Bonchev–Trinajstić information content (AvgIpc) is 3.07. The van der Waals surface area contributed by atoms with Gasteiger partial charge in [0.15, 0.2) is 0 Å². The number of carbonyl (C=O) groups is 1. The van der Waals surface area contributed by atoms with Crippen LogP contribution in [-0.4, -0.2) is 61.9 Å². The molecule has 7 nitrogen and oxygen atoms in total. The fraction of sp³-hybridized carbons (Fsp3) is 0.625. The van der Waals surface area contributed by atoms with Gasteiger partial charge in [-0.05, 0) is 26.3 Å². The number of aromatic nitrogens is 4. The summed E-state index contributed by atoms with van der Waals surface area (Å²) in [6, 6.07) is 1.96. The van der Waals surface area contributed by atoms with Crippen molar-refractivity contribution in [3.8, 4) is 0 Å². The third-order valence-electron chi connectivity index (χ3n) is 4.20. The third-order valence-corrected chi connectivity index (χ3v) is 5.02. The molecule has 3 rings (SSSR count). The highest BCUT2D eigenvalue weighted by Crippen LogP contribution is 2.13. The highest BCUT2D eigenvalue weighted by atomic mass is 32.1. The molecule has 1 saturated heterocycles. The van der Waals surface area contributed by atoms with Crippen molar-refractivity contribution in [2.24, 2.45) is 0 Å². The summed E-state index contributed by atoms with van der Waals surface area (Å²) in [6.45, 7) is 8.94. The molecule has 130 valence electrons. The summed E-state index contributed by atoms with van der Waals surface area (Å²) in [6.07, 6.45) is 3.44. The van der Waals surface area contributed by atoms with Crippen molar-refractivity contribution in [1.82, 2.24) is 29.8 Å². The maximum Gasteiger partial charge on any atom is 0.224 e. The Hall–Kier alpha value is -1.80. The molecule has 3 heterocycles. The van der Waals surface area contributed by atoms with Gasteiger partial charge in [-0.15, -0.1) is 21.5 Å². The number of rotatable bonds is 5. The topological polar surface area (TPSA) is 67.2 Å². The van der Waals surface area contributed by atoms with Crippen molar-refractivity contribution >= 4 is 17.2 Å². The normalized spacial score (nSPS) is 16.3. The molecule has 0 saturated carbocycles. The molecule has 2 aromatic heterocycles. The Labute approximate surface area is 146 Å². The zero-order chi connectivity index (χ0) is 16.9. The SMILES string of the molecule is Cc1ccn(CCC(=O)N2CCCN(Cc3nnc(C)s3)CC2)n1. The molecule has 24 heavy (non-hydrogen) atoms. The second-order valence-electron chi connectivity index (χ2n) is 6.20. The van der Waals surface area contributed by atoms with Crippen molar-refractivity contribution in [2.45, 2.75) is 39.8 Å². The van der Waals surface area contributed by atoms with Crippen LogP contribution in [0.3, 0.4) is 0 Å². The summed E-state index contributed by atoms with van der Waals surface area (Å²) in [4.78, 5) is 16.8. The largest absolute Gasteiger partial charge is 0.341 e. The summed E-state index contributed by atoms with van der Waals surface area (Å²) >= 11 is 1.65. The molecular formula is C16H24N6OS. The lowest BCUT2D eigenvalue weighted by Crippen LogP contribution is -2.35. The smallest absolute Gasteiger partial charge is 0.224 e. The van der Waals surface area contributed by atoms with Crippen molar-refractivity contribution in [3.05, 3.63) is 28.0 Å². The van der Waals surface area contributed by atoms with Crippen molar-refractivity contribution in [2.75, 3.05) is 26.2 Å². The molecule has 0 bridgehead atoms. The van der Waals surface area contributed by atoms with E-state index in [1.807, 2.05) is 35.7 Å². The molecule has 0 spiro atoms. The molecule has 0 aliphatic carbocycles. The summed E-state index contributed by atoms with van der Waals surface area (Å²) in [5.74, 6) is 0.219. The molecule has 0 atom stereocenters. The lowest BCUT2D eigenvalue weighted by molar-refractivity contribution is -0.131. The molecule has 1 amide bonds. The van der Waals surface area contributed by atoms with Gasteiger partial charge in [0.2, 0.25) is 5.91 Å². The Morgan fingerprint density at radius 1 is 1.21 bits per heavy atom. The zero-order valence-corrected chi connectivity index (χ0v) is 15.1. The van der Waals surface area contributed by atoms with E-state index < -0.39 is 0 Å². The first kappa shape index (κ1) is 17.0. The molecular weight excluding hydrogens is 324 g/mol. The minimum absolute atomic E-state index is 0.219. The van der Waals surface area contributed by atoms with E-state index in [4.69, 9.17) is 0 Å². The van der Waals surface area contributed by atoms with Crippen LogP contribution >= 0.6 is 11.3 Å². The van der Waals surface area contributed by atoms with Crippen molar-refractivity contribution < 1.29 is 4.79 Å². The molecule has 8 heteroatoms. The van der Waals surface area contributed by atoms with E-state index in [9.17, 15) is 4.79 Å². The average molecular weight is 348 g/mol. The van der Waals surface area contributed by atoms with Crippen LogP contribution in [-0.2, 0) is 17.9 Å². The van der Waals surface area contributed by atoms with Crippen LogP contribution in [0.15, 0.2) is 12.3 Å². The van der Waals surface area contributed by atoms with Gasteiger partial charge in [-0.1, -0.05) is 0 Å². The predicted octanol–water partition coefficient (Wildman–Crippen LogP) is 1.48. The second-order valence-corrected chi connectivity index (χ2v) is 7.46. The number of nitrogens with zero attached hydrogens (tertiary/aromatic N) is 6. The number of aryl methyl sites for hydroxylation is 3. The van der Waals surface area contributed by atoms with Crippen LogP contribution in [0.25, 0.3) is 0 Å². The fourth-order valence-corrected chi connectivity index (χ4v) is 3.68. The molecule has 0 unspecified atom stereocenters. The van der Waals surface area contributed by atoms with Gasteiger partial charge in [0.05, 0.1) is 12.2 Å². The first-order valence-corrected chi connectivity index (χ1v) is 9.21. The zero-order valence-electron chi connectivity index (χ0n) is 14.3. The Bertz CT molecular complexity index is 682. The maximum absolute atomic E-state index is 12.4. The number of amides is 1. The second kappa shape index (κ2) is 7.85. The Morgan fingerprint density at radius 3 is 2.79 bits per heavy atom. The lowest BCUT2D eigenvalue weighted by atomic mass is 10.3. The highest BCUT2D eigenvalue weighted by molar-refractivity contribution is 7.11. The van der Waals surface area contributed by atoms with Crippen LogP contribution in [0.4, 0.5) is 0 Å². The molecule has 0 aromatic carbocycles. The van der Waals surface area contributed by atoms with Crippen LogP contribution in [0, 0.1) is 13.8 Å². The number of carbonyl (C=O) groups excluding carboxylic acids is 1. The van der Waals surface area contributed by atoms with Gasteiger partial charge < -0.3 is 4.90 Å². The third kappa shape index (κ3) is 4.61. The van der Waals surface area contributed by atoms with Gasteiger partial charge in [-0.2, -0.15) is 5.10 Å². The van der Waals surface area contributed by atoms with E-state index in [1.54, 1.807) is 11.3 Å². The standard InChI is InChI=1S/C16H24N6OS/c1-13-4-8-22(19-13)9-5-16(23)21-7-3-6-20(10-11-21)12-15-18-17-14(2)24-15/h4,8H,3,5-7,9-12H2,1-2H3. The van der Waals surface area contributed by atoms with Crippen LogP contribution in [0.5, 0.6) is 0 Å². The summed E-state index contributed by atoms with van der Waals surface area (Å²) in [7, 11) is 0. The predicted molar refractivity (Wildman–Crippen MR) is 92.7 cm³/mol. The van der Waals surface area contributed by atoms with Gasteiger partial charge in [-0.3, -0.25) is 14.4 Å². The van der Waals surface area contributed by atoms with Gasteiger partial charge in [0.1, 0.15) is 10.0 Å². The molecule has 0 radical (unpaired) electrons. The lowest BCUT2D eigenvalue weighted by Gasteiger charge is -2.21. The van der Waals surface area contributed by atoms with Gasteiger partial charge >= 0.3 is 0 Å². The highest BCUT2D eigenvalue weighted by Gasteiger charge is 2.19. The van der Waals surface area contributed by atoms with Gasteiger partial charge in [0, 0.05) is 45.3 Å². The van der Waals surface area contributed by atoms with Crippen molar-refractivity contribution in [1.29, 1.82) is 0 Å². The Balaban J connectivity index is 1.46. The number of hydrogen-bond acceptors (Lipinski definition) is 6. The van der Waals surface area contributed by atoms with E-state index in [0.717, 1.165) is 54.9 Å². The Morgan fingerprint density at radius 2 is 2.08 bits per heavy atom. The van der Waals surface area contributed by atoms with E-state index in [1.165, 1.54) is 0 Å². The van der Waals surface area contributed by atoms with E-state index in [2.05, 4.69) is 20.2 Å². The minimum atomic E-state index is 0.219. The van der Waals surface area contributed by atoms with E-state index in [0.29, 0.717) is 13.0 Å². The summed E-state index contributed by atoms with van der Waals surface area (Å²) in [5.41, 5.74) is 0.986. The van der Waals surface area contributed by atoms with Crippen molar-refractivity contribution in [3.63, 3.8) is 0 Å². The van der Waals surface area contributed by atoms with E-state index in [-0.39, 0.29) is 5.91 Å². The summed E-state index contributed by atoms with van der Waals surface area (Å²) < 4.78 is 1.84. The monoisotopic (exact) mass is 348 g/mol. The quantitative estimate of drug-likeness (QED) is 0.819. The fourth-order valence-electron chi connectivity index (χ4n) is 2.93. The first-order chi connectivity index (χ1) is 11.6. The van der Waals surface area contributed by atoms with Gasteiger partial charge in [0.25, 0.3) is 0 Å². The van der Waals surface area contributed by atoms with E-state index >= 15 is 0 Å². The number of hydrogen-bond donors (Lipinski definition) is 0. The Kier molecular flexibility index (Phi) is 5.57. The maximum atomic E-state index is 12.4. The summed E-state index contributed by atoms with van der Waals surface area (Å²) in [5, 5.41) is 14.7.